The van der Waals surface area contributed by atoms with Crippen molar-refractivity contribution < 1.29 is 18.7 Å². The minimum Gasteiger partial charge on any atom is -0.495 e. The number of carbonyl (C=O) groups is 2. The molecule has 1 N–H and O–H groups in total. The number of amides is 2. The van der Waals surface area contributed by atoms with Gasteiger partial charge in [0.2, 0.25) is 11.8 Å². The summed E-state index contributed by atoms with van der Waals surface area (Å²) < 4.78 is 18.9. The van der Waals surface area contributed by atoms with Crippen molar-refractivity contribution in [2.24, 2.45) is 5.92 Å². The monoisotopic (exact) mass is 362 g/mol. The minimum atomic E-state index is -0.562. The van der Waals surface area contributed by atoms with Gasteiger partial charge in [-0.2, -0.15) is 0 Å². The molecule has 0 aliphatic carbocycles. The highest BCUT2D eigenvalue weighted by atomic mass is 35.5. The van der Waals surface area contributed by atoms with Crippen molar-refractivity contribution in [1.82, 2.24) is 0 Å². The van der Waals surface area contributed by atoms with E-state index in [0.717, 1.165) is 0 Å². The van der Waals surface area contributed by atoms with Gasteiger partial charge in [0, 0.05) is 18.7 Å². The van der Waals surface area contributed by atoms with Crippen LogP contribution in [-0.4, -0.2) is 25.5 Å². The van der Waals surface area contributed by atoms with Gasteiger partial charge in [0.15, 0.2) is 0 Å². The molecule has 0 unspecified atom stereocenters. The summed E-state index contributed by atoms with van der Waals surface area (Å²) in [6, 6.07) is 10.9. The lowest BCUT2D eigenvalue weighted by molar-refractivity contribution is -0.122. The van der Waals surface area contributed by atoms with E-state index in [9.17, 15) is 14.0 Å². The summed E-state index contributed by atoms with van der Waals surface area (Å²) in [6.45, 7) is 0.134. The molecule has 7 heteroatoms. The Bertz CT molecular complexity index is 828. The molecule has 1 aliphatic heterocycles. The number of benzene rings is 2. The molecule has 1 atom stereocenters. The van der Waals surface area contributed by atoms with E-state index in [1.165, 1.54) is 24.1 Å². The molecular weight excluding hydrogens is 347 g/mol. The number of para-hydroxylation sites is 1. The summed E-state index contributed by atoms with van der Waals surface area (Å²) in [4.78, 5) is 25.9. The number of hydrogen-bond donors (Lipinski definition) is 1. The van der Waals surface area contributed by atoms with Crippen LogP contribution in [0, 0.1) is 11.7 Å². The largest absolute Gasteiger partial charge is 0.495 e. The summed E-state index contributed by atoms with van der Waals surface area (Å²) in [5.41, 5.74) is 0.697. The van der Waals surface area contributed by atoms with Gasteiger partial charge in [-0.05, 0) is 30.3 Å². The Morgan fingerprint density at radius 3 is 2.76 bits per heavy atom. The van der Waals surface area contributed by atoms with Crippen LogP contribution >= 0.6 is 11.6 Å². The average Bonchev–Trinajstić information content (AvgIpc) is 2.97. The first-order chi connectivity index (χ1) is 12.0. The Labute approximate surface area is 149 Å². The van der Waals surface area contributed by atoms with E-state index in [2.05, 4.69) is 5.32 Å². The van der Waals surface area contributed by atoms with Crippen LogP contribution in [0.15, 0.2) is 42.5 Å². The van der Waals surface area contributed by atoms with Crippen molar-refractivity contribution >= 4 is 34.8 Å². The molecule has 1 saturated heterocycles. The smallest absolute Gasteiger partial charge is 0.229 e. The number of anilines is 2. The lowest BCUT2D eigenvalue weighted by atomic mass is 10.1. The normalized spacial score (nSPS) is 16.8. The molecule has 5 nitrogen and oxygen atoms in total. The van der Waals surface area contributed by atoms with Crippen LogP contribution in [-0.2, 0) is 9.59 Å². The maximum absolute atomic E-state index is 13.9. The highest BCUT2D eigenvalue weighted by Crippen LogP contribution is 2.30. The number of nitrogens with zero attached hydrogens (tertiary/aromatic N) is 1. The van der Waals surface area contributed by atoms with E-state index in [1.54, 1.807) is 30.3 Å². The summed E-state index contributed by atoms with van der Waals surface area (Å²) in [5, 5.41) is 3.10. The fraction of sp³-hybridized carbons (Fsp3) is 0.222. The minimum absolute atomic E-state index is 0.0318. The van der Waals surface area contributed by atoms with Crippen molar-refractivity contribution in [2.75, 3.05) is 23.9 Å². The van der Waals surface area contributed by atoms with Crippen LogP contribution in [0.2, 0.25) is 5.02 Å². The first-order valence-corrected chi connectivity index (χ1v) is 8.06. The van der Waals surface area contributed by atoms with E-state index < -0.39 is 11.7 Å². The number of halogens is 2. The van der Waals surface area contributed by atoms with Crippen molar-refractivity contribution in [3.63, 3.8) is 0 Å². The number of methoxy groups -OCH3 is 1. The van der Waals surface area contributed by atoms with Crippen LogP contribution in [0.4, 0.5) is 15.8 Å². The molecule has 0 aromatic heterocycles. The number of hydrogen-bond acceptors (Lipinski definition) is 3. The molecule has 25 heavy (non-hydrogen) atoms. The van der Waals surface area contributed by atoms with Gasteiger partial charge in [0.1, 0.15) is 11.6 Å². The SMILES string of the molecule is COc1ccc(NC(=O)[C@H]2CC(=O)N(c3ccccc3F)C2)cc1Cl. The van der Waals surface area contributed by atoms with Crippen molar-refractivity contribution in [1.29, 1.82) is 0 Å². The third-order valence-electron chi connectivity index (χ3n) is 4.06. The van der Waals surface area contributed by atoms with Gasteiger partial charge in [0.05, 0.1) is 23.7 Å². The zero-order chi connectivity index (χ0) is 18.0. The maximum Gasteiger partial charge on any atom is 0.229 e. The second kappa shape index (κ2) is 7.11. The van der Waals surface area contributed by atoms with Crippen molar-refractivity contribution in [2.45, 2.75) is 6.42 Å². The van der Waals surface area contributed by atoms with Crippen LogP contribution in [0.25, 0.3) is 0 Å². The van der Waals surface area contributed by atoms with Crippen molar-refractivity contribution in [3.8, 4) is 5.75 Å². The first kappa shape index (κ1) is 17.2. The lowest BCUT2D eigenvalue weighted by Crippen LogP contribution is -2.28. The Balaban J connectivity index is 1.71. The second-order valence-electron chi connectivity index (χ2n) is 5.70. The van der Waals surface area contributed by atoms with Gasteiger partial charge in [0.25, 0.3) is 0 Å². The van der Waals surface area contributed by atoms with Gasteiger partial charge in [-0.3, -0.25) is 9.59 Å². The molecule has 1 fully saturated rings. The second-order valence-corrected chi connectivity index (χ2v) is 6.10. The highest BCUT2D eigenvalue weighted by Gasteiger charge is 2.36. The number of ether oxygens (including phenoxy) is 1. The zero-order valence-electron chi connectivity index (χ0n) is 13.5. The summed E-state index contributed by atoms with van der Waals surface area (Å²) in [7, 11) is 1.50. The van der Waals surface area contributed by atoms with E-state index in [1.807, 2.05) is 0 Å². The third kappa shape index (κ3) is 3.58. The molecule has 2 aromatic rings. The van der Waals surface area contributed by atoms with Crippen LogP contribution in [0.3, 0.4) is 0 Å². The highest BCUT2D eigenvalue weighted by molar-refractivity contribution is 6.32. The summed E-state index contributed by atoms with van der Waals surface area (Å²) >= 11 is 6.04. The van der Waals surface area contributed by atoms with E-state index in [0.29, 0.717) is 16.5 Å². The van der Waals surface area contributed by atoms with Gasteiger partial charge < -0.3 is 15.0 Å². The van der Waals surface area contributed by atoms with Crippen LogP contribution in [0.5, 0.6) is 5.75 Å². The fourth-order valence-electron chi connectivity index (χ4n) is 2.78. The van der Waals surface area contributed by atoms with Gasteiger partial charge in [-0.25, -0.2) is 4.39 Å². The molecule has 1 heterocycles. The molecule has 3 rings (SSSR count). The molecule has 2 aromatic carbocycles. The number of nitrogens with one attached hydrogen (secondary N) is 1. The molecule has 0 saturated carbocycles. The molecule has 1 aliphatic rings. The first-order valence-electron chi connectivity index (χ1n) is 7.69. The van der Waals surface area contributed by atoms with Gasteiger partial charge >= 0.3 is 0 Å². The van der Waals surface area contributed by atoms with E-state index in [-0.39, 0.29) is 30.5 Å². The van der Waals surface area contributed by atoms with E-state index in [4.69, 9.17) is 16.3 Å². The predicted octanol–water partition coefficient (Wildman–Crippen LogP) is 3.48. The molecule has 2 amide bonds. The summed E-state index contributed by atoms with van der Waals surface area (Å²) in [5.74, 6) is -1.14. The zero-order valence-corrected chi connectivity index (χ0v) is 14.2. The average molecular weight is 363 g/mol. The maximum atomic E-state index is 13.9. The fourth-order valence-corrected chi connectivity index (χ4v) is 3.03. The Morgan fingerprint density at radius 2 is 2.08 bits per heavy atom. The molecule has 0 bridgehead atoms. The standard InChI is InChI=1S/C18H16ClFN2O3/c1-25-16-7-6-12(9-13(16)19)21-18(24)11-8-17(23)22(10-11)15-5-3-2-4-14(15)20/h2-7,9,11H,8,10H2,1H3,(H,21,24)/t11-/m0/s1. The predicted molar refractivity (Wildman–Crippen MR) is 93.5 cm³/mol. The molecular formula is C18H16ClFN2O3. The third-order valence-corrected chi connectivity index (χ3v) is 4.35. The molecule has 130 valence electrons. The van der Waals surface area contributed by atoms with Crippen molar-refractivity contribution in [3.05, 3.63) is 53.3 Å². The Kier molecular flexibility index (Phi) is 4.90. The van der Waals surface area contributed by atoms with Gasteiger partial charge in [-0.15, -0.1) is 0 Å². The number of rotatable bonds is 4. The van der Waals surface area contributed by atoms with E-state index >= 15 is 0 Å². The number of carbonyl (C=O) groups excluding carboxylic acids is 2. The Hall–Kier alpha value is -2.60. The molecule has 0 radical (unpaired) electrons. The topological polar surface area (TPSA) is 58.6 Å². The lowest BCUT2D eigenvalue weighted by Gasteiger charge is -2.17. The van der Waals surface area contributed by atoms with Crippen LogP contribution in [0.1, 0.15) is 6.42 Å². The molecule has 0 spiro atoms. The summed E-state index contributed by atoms with van der Waals surface area (Å²) in [6.07, 6.45) is 0.0318. The quantitative estimate of drug-likeness (QED) is 0.905. The van der Waals surface area contributed by atoms with Gasteiger partial charge in [-0.1, -0.05) is 23.7 Å². The Morgan fingerprint density at radius 1 is 1.32 bits per heavy atom. The van der Waals surface area contributed by atoms with Crippen LogP contribution < -0.4 is 15.0 Å².